The first-order chi connectivity index (χ1) is 14.5. The zero-order valence-electron chi connectivity index (χ0n) is 17.0. The molecule has 2 aromatic carbocycles. The quantitative estimate of drug-likeness (QED) is 0.548. The summed E-state index contributed by atoms with van der Waals surface area (Å²) in [5.41, 5.74) is 3.73. The number of ether oxygens (including phenoxy) is 1. The molecule has 2 amide bonds. The summed E-state index contributed by atoms with van der Waals surface area (Å²) in [6.07, 6.45) is 2.61. The average molecular weight is 421 g/mol. The number of methoxy groups -OCH3 is 1. The molecule has 0 atom stereocenters. The molecule has 4 rings (SSSR count). The first-order valence-electron chi connectivity index (χ1n) is 9.97. The molecule has 0 saturated heterocycles. The van der Waals surface area contributed by atoms with Crippen molar-refractivity contribution in [2.45, 2.75) is 26.2 Å². The van der Waals surface area contributed by atoms with Crippen LogP contribution in [0.5, 0.6) is 5.75 Å². The minimum absolute atomic E-state index is 0.0453. The molecule has 1 aliphatic carbocycles. The van der Waals surface area contributed by atoms with Crippen molar-refractivity contribution in [3.63, 3.8) is 0 Å². The second kappa shape index (κ2) is 8.71. The third-order valence-corrected chi connectivity index (χ3v) is 6.25. The van der Waals surface area contributed by atoms with E-state index in [0.717, 1.165) is 29.7 Å². The van der Waals surface area contributed by atoms with Crippen molar-refractivity contribution >= 4 is 33.8 Å². The van der Waals surface area contributed by atoms with Gasteiger partial charge >= 0.3 is 0 Å². The summed E-state index contributed by atoms with van der Waals surface area (Å²) in [7, 11) is 1.65. The number of carbonyl (C=O) groups is 2. The molecule has 0 bridgehead atoms. The average Bonchev–Trinajstić information content (AvgIpc) is 3.52. The zero-order valence-corrected chi connectivity index (χ0v) is 17.8. The van der Waals surface area contributed by atoms with E-state index in [1.54, 1.807) is 7.11 Å². The van der Waals surface area contributed by atoms with Crippen molar-refractivity contribution in [1.82, 2.24) is 0 Å². The molecule has 1 saturated carbocycles. The van der Waals surface area contributed by atoms with Gasteiger partial charge in [0.05, 0.1) is 17.0 Å². The van der Waals surface area contributed by atoms with Crippen LogP contribution in [0, 0.1) is 12.8 Å². The first-order valence-corrected chi connectivity index (χ1v) is 10.8. The number of hydrogen-bond donors (Lipinski definition) is 2. The van der Waals surface area contributed by atoms with Gasteiger partial charge in [-0.05, 0) is 55.2 Å². The normalized spacial score (nSPS) is 13.0. The molecular formula is C24H24N2O3S. The number of carbonyl (C=O) groups excluding carboxylic acids is 2. The van der Waals surface area contributed by atoms with Gasteiger partial charge in [-0.3, -0.25) is 9.59 Å². The Morgan fingerprint density at radius 2 is 1.83 bits per heavy atom. The highest BCUT2D eigenvalue weighted by atomic mass is 32.1. The summed E-state index contributed by atoms with van der Waals surface area (Å²) in [5.74, 6) is 0.783. The van der Waals surface area contributed by atoms with Crippen LogP contribution in [0.15, 0.2) is 54.6 Å². The van der Waals surface area contributed by atoms with Gasteiger partial charge < -0.3 is 15.4 Å². The summed E-state index contributed by atoms with van der Waals surface area (Å²) in [4.78, 5) is 25.4. The number of benzene rings is 2. The molecule has 6 heteroatoms. The number of thiophene rings is 1. The van der Waals surface area contributed by atoms with Crippen LogP contribution in [0.3, 0.4) is 0 Å². The Kier molecular flexibility index (Phi) is 5.86. The lowest BCUT2D eigenvalue weighted by molar-refractivity contribution is -0.117. The lowest BCUT2D eigenvalue weighted by atomic mass is 10.0. The fourth-order valence-electron chi connectivity index (χ4n) is 3.34. The van der Waals surface area contributed by atoms with Crippen molar-refractivity contribution < 1.29 is 14.3 Å². The Hall–Kier alpha value is -3.12. The molecule has 1 aromatic heterocycles. The maximum atomic E-state index is 12.9. The summed E-state index contributed by atoms with van der Waals surface area (Å²) in [6.45, 7) is 1.88. The molecule has 2 N–H and O–H groups in total. The molecular weight excluding hydrogens is 396 g/mol. The van der Waals surface area contributed by atoms with E-state index in [9.17, 15) is 9.59 Å². The van der Waals surface area contributed by atoms with Gasteiger partial charge in [-0.15, -0.1) is 11.3 Å². The van der Waals surface area contributed by atoms with Crippen LogP contribution in [0.2, 0.25) is 0 Å². The Morgan fingerprint density at radius 3 is 2.53 bits per heavy atom. The van der Waals surface area contributed by atoms with E-state index in [1.807, 2.05) is 49.4 Å². The maximum absolute atomic E-state index is 12.9. The van der Waals surface area contributed by atoms with Crippen molar-refractivity contribution in [3.8, 4) is 5.75 Å². The summed E-state index contributed by atoms with van der Waals surface area (Å²) < 4.78 is 5.50. The Balaban J connectivity index is 1.49. The van der Waals surface area contributed by atoms with E-state index in [-0.39, 0.29) is 17.7 Å². The van der Waals surface area contributed by atoms with Crippen molar-refractivity contribution in [1.29, 1.82) is 0 Å². The lowest BCUT2D eigenvalue weighted by Crippen LogP contribution is -2.12. The molecule has 0 aliphatic heterocycles. The summed E-state index contributed by atoms with van der Waals surface area (Å²) in [5, 5.41) is 6.62. The third kappa shape index (κ3) is 4.71. The van der Waals surface area contributed by atoms with Gasteiger partial charge in [0.1, 0.15) is 5.75 Å². The van der Waals surface area contributed by atoms with E-state index in [2.05, 4.69) is 22.8 Å². The van der Waals surface area contributed by atoms with Gasteiger partial charge in [-0.1, -0.05) is 30.3 Å². The van der Waals surface area contributed by atoms with Crippen LogP contribution in [-0.4, -0.2) is 18.9 Å². The predicted molar refractivity (Wildman–Crippen MR) is 121 cm³/mol. The van der Waals surface area contributed by atoms with Crippen LogP contribution in [0.25, 0.3) is 0 Å². The molecule has 1 aliphatic rings. The summed E-state index contributed by atoms with van der Waals surface area (Å²) in [6, 6.07) is 17.6. The van der Waals surface area contributed by atoms with Gasteiger partial charge in [0.15, 0.2) is 0 Å². The van der Waals surface area contributed by atoms with E-state index in [0.29, 0.717) is 22.0 Å². The van der Waals surface area contributed by atoms with E-state index in [1.165, 1.54) is 16.9 Å². The molecule has 5 nitrogen and oxygen atoms in total. The smallest absolute Gasteiger partial charge is 0.266 e. The van der Waals surface area contributed by atoms with Gasteiger partial charge in [0, 0.05) is 23.6 Å². The standard InChI is InChI=1S/C24H24N2O3S/c1-15-12-21(26-23(27)17-8-9-17)30-22(15)24(28)25-19-10-11-20(29-2)18(14-19)13-16-6-4-3-5-7-16/h3-7,10-12,14,17H,8-9,13H2,1-2H3,(H,25,28)(H,26,27). The van der Waals surface area contributed by atoms with Crippen LogP contribution in [0.4, 0.5) is 10.7 Å². The minimum Gasteiger partial charge on any atom is -0.496 e. The van der Waals surface area contributed by atoms with Crippen LogP contribution in [0.1, 0.15) is 39.2 Å². The zero-order chi connectivity index (χ0) is 21.1. The SMILES string of the molecule is COc1ccc(NC(=O)c2sc(NC(=O)C3CC3)cc2C)cc1Cc1ccccc1. The van der Waals surface area contributed by atoms with E-state index in [4.69, 9.17) is 4.74 Å². The molecule has 0 spiro atoms. The van der Waals surface area contributed by atoms with Crippen LogP contribution in [-0.2, 0) is 11.2 Å². The minimum atomic E-state index is -0.180. The van der Waals surface area contributed by atoms with E-state index < -0.39 is 0 Å². The summed E-state index contributed by atoms with van der Waals surface area (Å²) >= 11 is 1.31. The van der Waals surface area contributed by atoms with Crippen LogP contribution >= 0.6 is 11.3 Å². The Labute approximate surface area is 180 Å². The number of nitrogens with one attached hydrogen (secondary N) is 2. The molecule has 0 radical (unpaired) electrons. The highest BCUT2D eigenvalue weighted by Crippen LogP contribution is 2.33. The van der Waals surface area contributed by atoms with Crippen LogP contribution < -0.4 is 15.4 Å². The van der Waals surface area contributed by atoms with Crippen molar-refractivity contribution in [2.75, 3.05) is 17.7 Å². The van der Waals surface area contributed by atoms with Gasteiger partial charge in [-0.25, -0.2) is 0 Å². The molecule has 1 fully saturated rings. The number of anilines is 2. The molecule has 1 heterocycles. The molecule has 0 unspecified atom stereocenters. The van der Waals surface area contributed by atoms with Crippen molar-refractivity contribution in [2.24, 2.45) is 5.92 Å². The molecule has 154 valence electrons. The lowest BCUT2D eigenvalue weighted by Gasteiger charge is -2.12. The van der Waals surface area contributed by atoms with Gasteiger partial charge in [0.2, 0.25) is 5.91 Å². The van der Waals surface area contributed by atoms with E-state index >= 15 is 0 Å². The Morgan fingerprint density at radius 1 is 1.07 bits per heavy atom. The highest BCUT2D eigenvalue weighted by Gasteiger charge is 2.30. The number of rotatable bonds is 7. The Bertz CT molecular complexity index is 1070. The maximum Gasteiger partial charge on any atom is 0.266 e. The second-order valence-electron chi connectivity index (χ2n) is 7.53. The van der Waals surface area contributed by atoms with Gasteiger partial charge in [0.25, 0.3) is 5.91 Å². The van der Waals surface area contributed by atoms with Crippen molar-refractivity contribution in [3.05, 3.63) is 76.2 Å². The molecule has 3 aromatic rings. The number of amides is 2. The predicted octanol–water partition coefficient (Wildman–Crippen LogP) is 5.26. The monoisotopic (exact) mass is 420 g/mol. The highest BCUT2D eigenvalue weighted by molar-refractivity contribution is 7.18. The molecule has 30 heavy (non-hydrogen) atoms. The fraction of sp³-hybridized carbons (Fsp3) is 0.250. The third-order valence-electron chi connectivity index (χ3n) is 5.09. The first kappa shape index (κ1) is 20.2. The number of aryl methyl sites for hydroxylation is 1. The topological polar surface area (TPSA) is 67.4 Å². The largest absolute Gasteiger partial charge is 0.496 e. The number of hydrogen-bond acceptors (Lipinski definition) is 4. The van der Waals surface area contributed by atoms with Gasteiger partial charge in [-0.2, -0.15) is 0 Å². The fourth-order valence-corrected chi connectivity index (χ4v) is 4.31. The second-order valence-corrected chi connectivity index (χ2v) is 8.58.